The van der Waals surface area contributed by atoms with Crippen molar-refractivity contribution in [2.45, 2.75) is 38.6 Å². The van der Waals surface area contributed by atoms with Crippen molar-refractivity contribution >= 4 is 27.5 Å². The Morgan fingerprint density at radius 3 is 2.63 bits per heavy atom. The number of carbonyl (C=O) groups is 1. The highest BCUT2D eigenvalue weighted by Crippen LogP contribution is 2.18. The number of amides is 1. The maximum atomic E-state index is 11.8. The number of rotatable bonds is 7. The quantitative estimate of drug-likeness (QED) is 0.780. The molecule has 0 aromatic carbocycles. The first kappa shape index (κ1) is 16.2. The summed E-state index contributed by atoms with van der Waals surface area (Å²) in [6.45, 7) is 11.8. The van der Waals surface area contributed by atoms with Gasteiger partial charge in [-0.3, -0.25) is 9.48 Å². The molecule has 0 saturated carbocycles. The molecule has 0 radical (unpaired) electrons. The summed E-state index contributed by atoms with van der Waals surface area (Å²) in [5, 5.41) is 7.09. The lowest BCUT2D eigenvalue weighted by molar-refractivity contribution is -0.117. The van der Waals surface area contributed by atoms with Gasteiger partial charge in [-0.2, -0.15) is 5.10 Å². The van der Waals surface area contributed by atoms with Crippen LogP contribution < -0.4 is 5.32 Å². The van der Waals surface area contributed by atoms with E-state index in [4.69, 9.17) is 0 Å². The summed E-state index contributed by atoms with van der Waals surface area (Å²) in [5.74, 6) is -0.0733. The molecular weight excluding hydrogens is 308 g/mol. The zero-order valence-electron chi connectivity index (χ0n) is 12.1. The van der Waals surface area contributed by atoms with Crippen molar-refractivity contribution in [1.82, 2.24) is 14.7 Å². The standard InChI is InChI=1S/C13H23BrN4O/c1-5-17(6-2)7-8-18-10-11(9-15-18)16-12(19)13(3,4)14/h9-10H,5-8H2,1-4H3,(H,16,19). The van der Waals surface area contributed by atoms with Crippen LogP contribution in [0.4, 0.5) is 5.69 Å². The molecule has 0 atom stereocenters. The van der Waals surface area contributed by atoms with Crippen LogP contribution in [0.1, 0.15) is 27.7 Å². The van der Waals surface area contributed by atoms with E-state index in [1.54, 1.807) is 6.20 Å². The molecule has 0 saturated heterocycles. The van der Waals surface area contributed by atoms with Gasteiger partial charge in [-0.15, -0.1) is 0 Å². The smallest absolute Gasteiger partial charge is 0.240 e. The van der Waals surface area contributed by atoms with E-state index in [0.717, 1.165) is 31.9 Å². The van der Waals surface area contributed by atoms with E-state index < -0.39 is 4.32 Å². The van der Waals surface area contributed by atoms with Gasteiger partial charge in [-0.1, -0.05) is 29.8 Å². The normalized spacial score (nSPS) is 11.9. The van der Waals surface area contributed by atoms with Crippen molar-refractivity contribution in [3.63, 3.8) is 0 Å². The van der Waals surface area contributed by atoms with Crippen molar-refractivity contribution in [1.29, 1.82) is 0 Å². The summed E-state index contributed by atoms with van der Waals surface area (Å²) < 4.78 is 1.28. The second-order valence-electron chi connectivity index (χ2n) is 4.95. The van der Waals surface area contributed by atoms with Crippen LogP contribution in [-0.2, 0) is 11.3 Å². The minimum atomic E-state index is -0.573. The first-order chi connectivity index (χ1) is 8.86. The molecule has 0 spiro atoms. The van der Waals surface area contributed by atoms with Crippen molar-refractivity contribution in [3.8, 4) is 0 Å². The fourth-order valence-electron chi connectivity index (χ4n) is 1.61. The van der Waals surface area contributed by atoms with Gasteiger partial charge in [-0.05, 0) is 26.9 Å². The van der Waals surface area contributed by atoms with Crippen molar-refractivity contribution in [2.75, 3.05) is 25.0 Å². The number of anilines is 1. The number of alkyl halides is 1. The summed E-state index contributed by atoms with van der Waals surface area (Å²) in [4.78, 5) is 14.1. The highest BCUT2D eigenvalue weighted by atomic mass is 79.9. The lowest BCUT2D eigenvalue weighted by atomic mass is 10.2. The molecule has 1 aromatic heterocycles. The Morgan fingerprint density at radius 1 is 1.47 bits per heavy atom. The van der Waals surface area contributed by atoms with Gasteiger partial charge < -0.3 is 10.2 Å². The van der Waals surface area contributed by atoms with Crippen LogP contribution in [0.2, 0.25) is 0 Å². The molecule has 0 bridgehead atoms. The minimum absolute atomic E-state index is 0.0733. The lowest BCUT2D eigenvalue weighted by Gasteiger charge is -2.17. The van der Waals surface area contributed by atoms with Gasteiger partial charge >= 0.3 is 0 Å². The third-order valence-electron chi connectivity index (χ3n) is 2.97. The Labute approximate surface area is 123 Å². The van der Waals surface area contributed by atoms with Gasteiger partial charge in [0.2, 0.25) is 5.91 Å². The summed E-state index contributed by atoms with van der Waals surface area (Å²) in [5.41, 5.74) is 0.733. The molecule has 19 heavy (non-hydrogen) atoms. The topological polar surface area (TPSA) is 50.2 Å². The number of likely N-dealkylation sites (N-methyl/N-ethyl adjacent to an activating group) is 1. The summed E-state index contributed by atoms with van der Waals surface area (Å²) in [6, 6.07) is 0. The van der Waals surface area contributed by atoms with Crippen LogP contribution in [-0.4, -0.2) is 44.5 Å². The lowest BCUT2D eigenvalue weighted by Crippen LogP contribution is -2.30. The van der Waals surface area contributed by atoms with Gasteiger partial charge in [0.15, 0.2) is 0 Å². The molecular formula is C13H23BrN4O. The number of halogens is 1. The number of nitrogens with zero attached hydrogens (tertiary/aromatic N) is 3. The predicted molar refractivity (Wildman–Crippen MR) is 81.7 cm³/mol. The molecule has 1 aromatic rings. The van der Waals surface area contributed by atoms with Crippen LogP contribution in [0, 0.1) is 0 Å². The molecule has 1 N–H and O–H groups in total. The number of nitrogens with one attached hydrogen (secondary N) is 1. The molecule has 0 aliphatic heterocycles. The first-order valence-electron chi connectivity index (χ1n) is 6.62. The van der Waals surface area contributed by atoms with Crippen molar-refractivity contribution in [3.05, 3.63) is 12.4 Å². The second-order valence-corrected chi connectivity index (χ2v) is 6.93. The van der Waals surface area contributed by atoms with Crippen LogP contribution in [0.25, 0.3) is 0 Å². The highest BCUT2D eigenvalue weighted by Gasteiger charge is 2.23. The zero-order chi connectivity index (χ0) is 14.5. The molecule has 108 valence electrons. The average Bonchev–Trinajstić information content (AvgIpc) is 2.77. The first-order valence-corrected chi connectivity index (χ1v) is 7.41. The fourth-order valence-corrected chi connectivity index (χ4v) is 1.71. The fraction of sp³-hybridized carbons (Fsp3) is 0.692. The number of aromatic nitrogens is 2. The maximum absolute atomic E-state index is 11.8. The average molecular weight is 331 g/mol. The number of carbonyl (C=O) groups excluding carboxylic acids is 1. The van der Waals surface area contributed by atoms with E-state index in [-0.39, 0.29) is 5.91 Å². The number of hydrogen-bond donors (Lipinski definition) is 1. The van der Waals surface area contributed by atoms with Gasteiger partial charge in [0.1, 0.15) is 0 Å². The molecule has 1 amide bonds. The molecule has 1 rings (SSSR count). The van der Waals surface area contributed by atoms with Crippen LogP contribution in [0.15, 0.2) is 12.4 Å². The Morgan fingerprint density at radius 2 is 2.11 bits per heavy atom. The molecule has 5 nitrogen and oxygen atoms in total. The summed E-state index contributed by atoms with van der Waals surface area (Å²) in [7, 11) is 0. The Kier molecular flexibility index (Phi) is 6.00. The van der Waals surface area contributed by atoms with E-state index in [9.17, 15) is 4.79 Å². The van der Waals surface area contributed by atoms with Gasteiger partial charge in [0, 0.05) is 12.7 Å². The van der Waals surface area contributed by atoms with Gasteiger partial charge in [-0.25, -0.2) is 0 Å². The van der Waals surface area contributed by atoms with Crippen molar-refractivity contribution < 1.29 is 4.79 Å². The Hall–Kier alpha value is -0.880. The Balaban J connectivity index is 2.51. The summed E-state index contributed by atoms with van der Waals surface area (Å²) in [6.07, 6.45) is 3.54. The second kappa shape index (κ2) is 7.05. The van der Waals surface area contributed by atoms with Gasteiger partial charge in [0.05, 0.1) is 22.8 Å². The largest absolute Gasteiger partial charge is 0.322 e. The van der Waals surface area contributed by atoms with E-state index >= 15 is 0 Å². The Bertz CT molecular complexity index is 407. The van der Waals surface area contributed by atoms with Crippen LogP contribution >= 0.6 is 15.9 Å². The van der Waals surface area contributed by atoms with E-state index in [1.807, 2.05) is 24.7 Å². The third kappa shape index (κ3) is 5.32. The predicted octanol–water partition coefficient (Wildman–Crippen LogP) is 2.34. The van der Waals surface area contributed by atoms with Crippen LogP contribution in [0.3, 0.4) is 0 Å². The van der Waals surface area contributed by atoms with E-state index in [0.29, 0.717) is 0 Å². The zero-order valence-corrected chi connectivity index (χ0v) is 13.7. The molecule has 0 aliphatic rings. The highest BCUT2D eigenvalue weighted by molar-refractivity contribution is 9.10. The molecule has 0 unspecified atom stereocenters. The molecule has 0 fully saturated rings. The van der Waals surface area contributed by atoms with Gasteiger partial charge in [0.25, 0.3) is 0 Å². The molecule has 0 aliphatic carbocycles. The molecule has 6 heteroatoms. The van der Waals surface area contributed by atoms with E-state index in [1.165, 1.54) is 0 Å². The monoisotopic (exact) mass is 330 g/mol. The van der Waals surface area contributed by atoms with E-state index in [2.05, 4.69) is 45.1 Å². The third-order valence-corrected chi connectivity index (χ3v) is 3.33. The maximum Gasteiger partial charge on any atom is 0.240 e. The minimum Gasteiger partial charge on any atom is -0.322 e. The number of hydrogen-bond acceptors (Lipinski definition) is 3. The van der Waals surface area contributed by atoms with Crippen LogP contribution in [0.5, 0.6) is 0 Å². The molecule has 1 heterocycles. The summed E-state index contributed by atoms with van der Waals surface area (Å²) >= 11 is 3.33. The van der Waals surface area contributed by atoms with Crippen molar-refractivity contribution in [2.24, 2.45) is 0 Å². The SMILES string of the molecule is CCN(CC)CCn1cc(NC(=O)C(C)(C)Br)cn1.